The third kappa shape index (κ3) is 8.36. The van der Waals surface area contributed by atoms with Crippen LogP contribution in [0.15, 0.2) is 115 Å². The van der Waals surface area contributed by atoms with E-state index in [4.69, 9.17) is 9.47 Å². The second kappa shape index (κ2) is 13.9. The first-order valence-electron chi connectivity index (χ1n) is 14.2. The van der Waals surface area contributed by atoms with Crippen molar-refractivity contribution in [3.05, 3.63) is 132 Å². The van der Waals surface area contributed by atoms with Crippen molar-refractivity contribution in [2.45, 2.75) is 25.4 Å². The van der Waals surface area contributed by atoms with Crippen LogP contribution in [-0.4, -0.2) is 49.6 Å². The monoisotopic (exact) mass is 612 g/mol. The van der Waals surface area contributed by atoms with Gasteiger partial charge in [-0.25, -0.2) is 8.42 Å². The number of benzene rings is 5. The molecule has 0 heterocycles. The predicted molar refractivity (Wildman–Crippen MR) is 173 cm³/mol. The van der Waals surface area contributed by atoms with E-state index in [-0.39, 0.29) is 18.8 Å². The Morgan fingerprint density at radius 3 is 2.25 bits per heavy atom. The number of hydrogen-bond acceptors (Lipinski definition) is 7. The van der Waals surface area contributed by atoms with Crippen molar-refractivity contribution >= 4 is 26.5 Å². The highest BCUT2D eigenvalue weighted by molar-refractivity contribution is 7.92. The largest absolute Gasteiger partial charge is 0.487 e. The van der Waals surface area contributed by atoms with Crippen molar-refractivity contribution in [1.82, 2.24) is 4.90 Å². The molecule has 0 radical (unpaired) electrons. The third-order valence-corrected chi connectivity index (χ3v) is 7.80. The number of likely N-dealkylation sites (N-methyl/N-ethyl adjacent to an activating group) is 1. The molecule has 5 aromatic rings. The second-order valence-electron chi connectivity index (χ2n) is 10.8. The van der Waals surface area contributed by atoms with E-state index in [0.717, 1.165) is 33.9 Å². The first-order chi connectivity index (χ1) is 21.1. The summed E-state index contributed by atoms with van der Waals surface area (Å²) in [6, 6.07) is 36.0. The van der Waals surface area contributed by atoms with Crippen LogP contribution >= 0.6 is 0 Å². The summed E-state index contributed by atoms with van der Waals surface area (Å²) in [4.78, 5) is 1.65. The minimum Gasteiger partial charge on any atom is -0.487 e. The van der Waals surface area contributed by atoms with Crippen LogP contribution in [0.5, 0.6) is 17.2 Å². The number of ether oxygens (including phenoxy) is 2. The van der Waals surface area contributed by atoms with Crippen molar-refractivity contribution in [2.75, 3.05) is 24.6 Å². The maximum Gasteiger partial charge on any atom is 0.229 e. The van der Waals surface area contributed by atoms with Crippen LogP contribution in [-0.2, 0) is 23.1 Å². The Morgan fingerprint density at radius 2 is 1.50 bits per heavy atom. The van der Waals surface area contributed by atoms with Gasteiger partial charge in [-0.2, -0.15) is 0 Å². The number of nitrogens with zero attached hydrogens (tertiary/aromatic N) is 1. The molecule has 0 fully saturated rings. The molecule has 0 spiro atoms. The van der Waals surface area contributed by atoms with Crippen LogP contribution < -0.4 is 14.2 Å². The van der Waals surface area contributed by atoms with Gasteiger partial charge in [0.1, 0.15) is 30.1 Å². The number of nitrogens with one attached hydrogen (secondary N) is 1. The molecule has 0 aromatic heterocycles. The van der Waals surface area contributed by atoms with E-state index < -0.39 is 22.4 Å². The molecule has 0 saturated heterocycles. The quantitative estimate of drug-likeness (QED) is 0.138. The van der Waals surface area contributed by atoms with E-state index in [1.54, 1.807) is 30.1 Å². The molecule has 5 aromatic carbocycles. The van der Waals surface area contributed by atoms with E-state index in [2.05, 4.69) is 4.72 Å². The number of anilines is 1. The first kappa shape index (κ1) is 31.0. The summed E-state index contributed by atoms with van der Waals surface area (Å²) in [6.45, 7) is 0.373. The summed E-state index contributed by atoms with van der Waals surface area (Å²) in [5.41, 5.74) is 2.55. The molecule has 228 valence electrons. The molecule has 9 heteroatoms. The molecule has 0 aliphatic rings. The zero-order valence-electron chi connectivity index (χ0n) is 24.6. The van der Waals surface area contributed by atoms with Gasteiger partial charge in [-0.05, 0) is 59.5 Å². The van der Waals surface area contributed by atoms with E-state index in [1.807, 2.05) is 97.1 Å². The van der Waals surface area contributed by atoms with Gasteiger partial charge in [-0.3, -0.25) is 9.62 Å². The molecule has 5 rings (SSSR count). The van der Waals surface area contributed by atoms with E-state index in [1.165, 1.54) is 0 Å². The maximum absolute atomic E-state index is 12.0. The van der Waals surface area contributed by atoms with Crippen LogP contribution in [0.25, 0.3) is 10.8 Å². The zero-order valence-corrected chi connectivity index (χ0v) is 25.4. The molecule has 0 amide bonds. The number of rotatable bonds is 13. The normalized spacial score (nSPS) is 13.0. The highest BCUT2D eigenvalue weighted by Gasteiger charge is 2.19. The standard InChI is InChI=1S/C35H36N2O6S/c1-37(35(39)21-25-15-18-29(19-16-25)43-33-14-8-12-27-11-6-7-13-30(27)33)23-32(38)28-17-20-34(31(22-28)36-44(2,40)41)42-24-26-9-4-3-5-10-26/h3-20,22,32,35-36,38-39H,21,23-24H2,1-2H3/t32-,35-/m0/s1. The average molecular weight is 613 g/mol. The average Bonchev–Trinajstić information content (AvgIpc) is 3.01. The number of fused-ring (bicyclic) bond motifs is 1. The Balaban J connectivity index is 1.20. The molecule has 0 aliphatic carbocycles. The lowest BCUT2D eigenvalue weighted by molar-refractivity contribution is -0.00560. The van der Waals surface area contributed by atoms with Gasteiger partial charge in [-0.1, -0.05) is 84.9 Å². The molecule has 0 bridgehead atoms. The highest BCUT2D eigenvalue weighted by Crippen LogP contribution is 2.32. The Hall–Kier alpha value is -4.41. The second-order valence-corrected chi connectivity index (χ2v) is 12.5. The van der Waals surface area contributed by atoms with E-state index in [0.29, 0.717) is 23.5 Å². The van der Waals surface area contributed by atoms with Crippen LogP contribution in [0.1, 0.15) is 22.8 Å². The van der Waals surface area contributed by atoms with Gasteiger partial charge in [0.25, 0.3) is 0 Å². The SMILES string of the molecule is CN(C[C@H](O)c1ccc(OCc2ccccc2)c(NS(C)(=O)=O)c1)[C@@H](O)Cc1ccc(Oc2cccc3ccccc23)cc1. The van der Waals surface area contributed by atoms with Crippen molar-refractivity contribution in [1.29, 1.82) is 0 Å². The Bertz CT molecular complexity index is 1790. The first-order valence-corrected chi connectivity index (χ1v) is 16.1. The van der Waals surface area contributed by atoms with Gasteiger partial charge < -0.3 is 19.7 Å². The zero-order chi connectivity index (χ0) is 31.1. The third-order valence-electron chi connectivity index (χ3n) is 7.21. The van der Waals surface area contributed by atoms with Crippen molar-refractivity contribution in [3.8, 4) is 17.2 Å². The van der Waals surface area contributed by atoms with Crippen LogP contribution in [0.3, 0.4) is 0 Å². The fourth-order valence-corrected chi connectivity index (χ4v) is 5.43. The van der Waals surface area contributed by atoms with Gasteiger partial charge in [0.05, 0.1) is 18.0 Å². The topological polar surface area (TPSA) is 108 Å². The van der Waals surface area contributed by atoms with Gasteiger partial charge in [0, 0.05) is 18.4 Å². The van der Waals surface area contributed by atoms with Crippen LogP contribution in [0.2, 0.25) is 0 Å². The minimum atomic E-state index is -3.60. The maximum atomic E-state index is 12.0. The molecule has 2 atom stereocenters. The summed E-state index contributed by atoms with van der Waals surface area (Å²) < 4.78 is 38.6. The molecular weight excluding hydrogens is 576 g/mol. The summed E-state index contributed by atoms with van der Waals surface area (Å²) >= 11 is 0. The summed E-state index contributed by atoms with van der Waals surface area (Å²) in [5, 5.41) is 24.0. The molecule has 0 unspecified atom stereocenters. The Labute approximate surface area is 258 Å². The summed E-state index contributed by atoms with van der Waals surface area (Å²) in [6.07, 6.45) is -0.458. The van der Waals surface area contributed by atoms with Crippen molar-refractivity contribution in [2.24, 2.45) is 0 Å². The van der Waals surface area contributed by atoms with Crippen molar-refractivity contribution in [3.63, 3.8) is 0 Å². The number of sulfonamides is 1. The summed E-state index contributed by atoms with van der Waals surface area (Å²) in [5.74, 6) is 1.81. The highest BCUT2D eigenvalue weighted by atomic mass is 32.2. The lowest BCUT2D eigenvalue weighted by Crippen LogP contribution is -2.36. The number of aliphatic hydroxyl groups excluding tert-OH is 2. The van der Waals surface area contributed by atoms with Crippen LogP contribution in [0.4, 0.5) is 5.69 Å². The number of aliphatic hydroxyl groups is 2. The van der Waals surface area contributed by atoms with Gasteiger partial charge in [0.2, 0.25) is 10.0 Å². The molecule has 8 nitrogen and oxygen atoms in total. The van der Waals surface area contributed by atoms with E-state index >= 15 is 0 Å². The molecule has 44 heavy (non-hydrogen) atoms. The molecular formula is C35H36N2O6S. The van der Waals surface area contributed by atoms with Crippen LogP contribution in [0, 0.1) is 0 Å². The van der Waals surface area contributed by atoms with Gasteiger partial charge >= 0.3 is 0 Å². The smallest absolute Gasteiger partial charge is 0.229 e. The Morgan fingerprint density at radius 1 is 0.795 bits per heavy atom. The number of hydrogen-bond donors (Lipinski definition) is 3. The molecule has 0 saturated carbocycles. The fourth-order valence-electron chi connectivity index (χ4n) is 4.87. The lowest BCUT2D eigenvalue weighted by Gasteiger charge is -2.26. The predicted octanol–water partition coefficient (Wildman–Crippen LogP) is 6.11. The summed E-state index contributed by atoms with van der Waals surface area (Å²) in [7, 11) is -1.88. The molecule has 3 N–H and O–H groups in total. The lowest BCUT2D eigenvalue weighted by atomic mass is 10.1. The van der Waals surface area contributed by atoms with Gasteiger partial charge in [-0.15, -0.1) is 0 Å². The molecule has 0 aliphatic heterocycles. The van der Waals surface area contributed by atoms with E-state index in [9.17, 15) is 18.6 Å². The van der Waals surface area contributed by atoms with Gasteiger partial charge in [0.15, 0.2) is 0 Å². The fraction of sp³-hybridized carbons (Fsp3) is 0.200. The van der Waals surface area contributed by atoms with Crippen molar-refractivity contribution < 1.29 is 28.1 Å². The minimum absolute atomic E-state index is 0.117. The Kier molecular flexibility index (Phi) is 9.82.